The second kappa shape index (κ2) is 5.31. The predicted molar refractivity (Wildman–Crippen MR) is 65.9 cm³/mol. The number of carbonyl (C=O) groups excluding carboxylic acids is 1. The molecule has 16 heavy (non-hydrogen) atoms. The third kappa shape index (κ3) is 2.83. The topological polar surface area (TPSA) is 26.3 Å². The molecule has 0 fully saturated rings. The first-order valence-corrected chi connectivity index (χ1v) is 5.09. The second-order valence-electron chi connectivity index (χ2n) is 3.69. The Labute approximate surface area is 96.2 Å². The largest absolute Gasteiger partial charge is 0.457 e. The van der Waals surface area contributed by atoms with E-state index in [0.29, 0.717) is 5.57 Å². The molecule has 0 unspecified atom stereocenters. The van der Waals surface area contributed by atoms with Gasteiger partial charge in [0.15, 0.2) is 0 Å². The zero-order valence-corrected chi connectivity index (χ0v) is 9.75. The molecule has 2 nitrogen and oxygen atoms in total. The van der Waals surface area contributed by atoms with Crippen LogP contribution >= 0.6 is 0 Å². The summed E-state index contributed by atoms with van der Waals surface area (Å²) in [6.07, 6.45) is 1.79. The number of rotatable bonds is 4. The van der Waals surface area contributed by atoms with E-state index in [1.165, 1.54) is 0 Å². The Morgan fingerprint density at radius 1 is 1.50 bits per heavy atom. The summed E-state index contributed by atoms with van der Waals surface area (Å²) in [6, 6.07) is 5.84. The Morgan fingerprint density at radius 2 is 2.19 bits per heavy atom. The molecule has 0 saturated heterocycles. The molecule has 0 heterocycles. The van der Waals surface area contributed by atoms with Gasteiger partial charge in [-0.25, -0.2) is 4.79 Å². The molecular weight excluding hydrogens is 200 g/mol. The molecule has 1 aromatic rings. The molecule has 0 saturated carbocycles. The number of carbonyl (C=O) groups is 1. The summed E-state index contributed by atoms with van der Waals surface area (Å²) in [5.41, 5.74) is 3.56. The van der Waals surface area contributed by atoms with Crippen molar-refractivity contribution in [3.8, 4) is 0 Å². The van der Waals surface area contributed by atoms with Crippen LogP contribution in [0.5, 0.6) is 0 Å². The van der Waals surface area contributed by atoms with E-state index in [4.69, 9.17) is 4.74 Å². The monoisotopic (exact) mass is 216 g/mol. The van der Waals surface area contributed by atoms with Crippen LogP contribution in [0.25, 0.3) is 6.08 Å². The smallest absolute Gasteiger partial charge is 0.333 e. The first-order chi connectivity index (χ1) is 7.56. The van der Waals surface area contributed by atoms with Gasteiger partial charge in [0, 0.05) is 5.57 Å². The van der Waals surface area contributed by atoms with Crippen molar-refractivity contribution in [2.24, 2.45) is 0 Å². The van der Waals surface area contributed by atoms with Crippen LogP contribution in [0, 0.1) is 6.92 Å². The Balaban J connectivity index is 2.78. The van der Waals surface area contributed by atoms with E-state index in [9.17, 15) is 4.79 Å². The highest BCUT2D eigenvalue weighted by Gasteiger charge is 2.06. The fraction of sp³-hybridized carbons (Fsp3) is 0.214. The molecule has 0 aliphatic rings. The molecule has 0 bridgehead atoms. The van der Waals surface area contributed by atoms with E-state index in [2.05, 4.69) is 13.2 Å². The van der Waals surface area contributed by atoms with E-state index in [1.807, 2.05) is 25.1 Å². The van der Waals surface area contributed by atoms with E-state index < -0.39 is 0 Å². The summed E-state index contributed by atoms with van der Waals surface area (Å²) in [4.78, 5) is 11.2. The van der Waals surface area contributed by atoms with Crippen molar-refractivity contribution in [1.82, 2.24) is 0 Å². The molecular formula is C14H16O2. The molecule has 0 spiro atoms. The lowest BCUT2D eigenvalue weighted by molar-refractivity contribution is -0.140. The van der Waals surface area contributed by atoms with Crippen LogP contribution in [0.4, 0.5) is 0 Å². The van der Waals surface area contributed by atoms with Crippen LogP contribution in [0.3, 0.4) is 0 Å². The third-order valence-corrected chi connectivity index (χ3v) is 2.42. The second-order valence-corrected chi connectivity index (χ2v) is 3.69. The number of benzene rings is 1. The van der Waals surface area contributed by atoms with E-state index in [1.54, 1.807) is 13.0 Å². The Bertz CT molecular complexity index is 430. The summed E-state index contributed by atoms with van der Waals surface area (Å²) in [5.74, 6) is -0.358. The van der Waals surface area contributed by atoms with Gasteiger partial charge >= 0.3 is 5.97 Å². The van der Waals surface area contributed by atoms with Crippen LogP contribution in [0.2, 0.25) is 0 Å². The summed E-state index contributed by atoms with van der Waals surface area (Å²) in [5, 5.41) is 0. The molecule has 0 atom stereocenters. The summed E-state index contributed by atoms with van der Waals surface area (Å²) in [6.45, 7) is 11.2. The van der Waals surface area contributed by atoms with Crippen LogP contribution < -0.4 is 0 Å². The van der Waals surface area contributed by atoms with Gasteiger partial charge in [0.1, 0.15) is 6.61 Å². The molecule has 84 valence electrons. The third-order valence-electron chi connectivity index (χ3n) is 2.42. The summed E-state index contributed by atoms with van der Waals surface area (Å²) < 4.78 is 5.10. The molecule has 0 radical (unpaired) electrons. The van der Waals surface area contributed by atoms with Gasteiger partial charge < -0.3 is 4.74 Å². The number of hydrogen-bond acceptors (Lipinski definition) is 2. The fourth-order valence-corrected chi connectivity index (χ4v) is 1.35. The molecule has 0 aromatic heterocycles. The molecule has 0 amide bonds. The predicted octanol–water partition coefficient (Wildman–Crippen LogP) is 3.26. The van der Waals surface area contributed by atoms with Gasteiger partial charge in [0.25, 0.3) is 0 Å². The molecule has 0 N–H and O–H groups in total. The lowest BCUT2D eigenvalue weighted by atomic mass is 10.0. The van der Waals surface area contributed by atoms with Gasteiger partial charge in [-0.1, -0.05) is 37.4 Å². The quantitative estimate of drug-likeness (QED) is 0.570. The summed E-state index contributed by atoms with van der Waals surface area (Å²) in [7, 11) is 0. The van der Waals surface area contributed by atoms with Crippen molar-refractivity contribution < 1.29 is 9.53 Å². The Morgan fingerprint density at radius 3 is 2.75 bits per heavy atom. The minimum atomic E-state index is -0.358. The highest BCUT2D eigenvalue weighted by atomic mass is 16.5. The van der Waals surface area contributed by atoms with Gasteiger partial charge in [0.2, 0.25) is 0 Å². The van der Waals surface area contributed by atoms with Gasteiger partial charge in [-0.15, -0.1) is 0 Å². The molecule has 2 heteroatoms. The number of ether oxygens (including phenoxy) is 1. The van der Waals surface area contributed by atoms with E-state index in [-0.39, 0.29) is 12.6 Å². The number of esters is 1. The Kier molecular flexibility index (Phi) is 4.06. The molecule has 0 aliphatic carbocycles. The van der Waals surface area contributed by atoms with Crippen molar-refractivity contribution in [1.29, 1.82) is 0 Å². The lowest BCUT2D eigenvalue weighted by Crippen LogP contribution is -2.06. The minimum absolute atomic E-state index is 0.277. The number of hydrogen-bond donors (Lipinski definition) is 0. The Hall–Kier alpha value is -1.83. The normalized spacial score (nSPS) is 9.62. The zero-order valence-electron chi connectivity index (χ0n) is 9.75. The maximum atomic E-state index is 11.2. The SMILES string of the molecule is C=Cc1cccc(COC(=O)C(=C)C)c1C. The molecule has 1 rings (SSSR count). The van der Waals surface area contributed by atoms with Crippen LogP contribution in [-0.4, -0.2) is 5.97 Å². The average molecular weight is 216 g/mol. The average Bonchev–Trinajstić information content (AvgIpc) is 2.27. The van der Waals surface area contributed by atoms with E-state index >= 15 is 0 Å². The molecule has 0 aliphatic heterocycles. The zero-order chi connectivity index (χ0) is 12.1. The highest BCUT2D eigenvalue weighted by Crippen LogP contribution is 2.16. The van der Waals surface area contributed by atoms with Crippen LogP contribution in [0.15, 0.2) is 36.9 Å². The van der Waals surface area contributed by atoms with Gasteiger partial charge in [-0.3, -0.25) is 0 Å². The van der Waals surface area contributed by atoms with Crippen LogP contribution in [0.1, 0.15) is 23.6 Å². The van der Waals surface area contributed by atoms with Crippen molar-refractivity contribution in [3.05, 3.63) is 53.6 Å². The first kappa shape index (κ1) is 12.2. The van der Waals surface area contributed by atoms with Crippen LogP contribution in [-0.2, 0) is 16.1 Å². The maximum absolute atomic E-state index is 11.2. The highest BCUT2D eigenvalue weighted by molar-refractivity contribution is 5.86. The van der Waals surface area contributed by atoms with Gasteiger partial charge in [0.05, 0.1) is 0 Å². The lowest BCUT2D eigenvalue weighted by Gasteiger charge is -2.09. The first-order valence-electron chi connectivity index (χ1n) is 5.09. The summed E-state index contributed by atoms with van der Waals surface area (Å²) >= 11 is 0. The van der Waals surface area contributed by atoms with Gasteiger partial charge in [-0.2, -0.15) is 0 Å². The minimum Gasteiger partial charge on any atom is -0.457 e. The maximum Gasteiger partial charge on any atom is 0.333 e. The van der Waals surface area contributed by atoms with Gasteiger partial charge in [-0.05, 0) is 30.5 Å². The van der Waals surface area contributed by atoms with Crippen molar-refractivity contribution in [2.75, 3.05) is 0 Å². The van der Waals surface area contributed by atoms with E-state index in [0.717, 1.165) is 16.7 Å². The fourth-order valence-electron chi connectivity index (χ4n) is 1.35. The molecule has 1 aromatic carbocycles. The van der Waals surface area contributed by atoms with Crippen molar-refractivity contribution in [2.45, 2.75) is 20.5 Å². The standard InChI is InChI=1S/C14H16O2/c1-5-12-7-6-8-13(11(12)4)9-16-14(15)10(2)3/h5-8H,1-2,9H2,3-4H3. The van der Waals surface area contributed by atoms with Crippen molar-refractivity contribution in [3.63, 3.8) is 0 Å². The van der Waals surface area contributed by atoms with Crippen molar-refractivity contribution >= 4 is 12.0 Å².